The van der Waals surface area contributed by atoms with Crippen molar-refractivity contribution >= 4 is 76.3 Å². The normalized spacial score (nSPS) is 12.3. The number of hydrogen-bond donors (Lipinski definition) is 1. The molecular weight excluding hydrogens is 757 g/mol. The van der Waals surface area contributed by atoms with Crippen LogP contribution in [0.3, 0.4) is 0 Å². The van der Waals surface area contributed by atoms with E-state index in [-0.39, 0.29) is 43.5 Å². The van der Waals surface area contributed by atoms with Crippen LogP contribution in [-0.4, -0.2) is 20.3 Å². The zero-order chi connectivity index (χ0) is 31.9. The minimum Gasteiger partial charge on any atom is -0.512 e. The Hall–Kier alpha value is -4.31. The first kappa shape index (κ1) is 32.6. The van der Waals surface area contributed by atoms with Crippen molar-refractivity contribution in [3.8, 4) is 0 Å². The Bertz CT molecular complexity index is 2410. The van der Waals surface area contributed by atoms with Gasteiger partial charge in [-0.15, -0.1) is 23.6 Å². The maximum absolute atomic E-state index is 11.7. The second kappa shape index (κ2) is 13.4. The zero-order valence-corrected chi connectivity index (χ0v) is 29.7. The fraction of sp³-hybridized carbons (Fsp3) is 0.238. The van der Waals surface area contributed by atoms with Gasteiger partial charge in [-0.25, -0.2) is 0 Å². The fourth-order valence-electron chi connectivity index (χ4n) is 7.34. The maximum atomic E-state index is 11.7. The Morgan fingerprint density at radius 1 is 0.766 bits per heavy atom. The molecule has 3 heterocycles. The van der Waals surface area contributed by atoms with E-state index in [9.17, 15) is 9.90 Å². The van der Waals surface area contributed by atoms with Gasteiger partial charge in [-0.2, -0.15) is 0 Å². The van der Waals surface area contributed by atoms with Crippen molar-refractivity contribution in [2.45, 2.75) is 53.4 Å². The topological polar surface area (TPSA) is 54.6 Å². The number of hydrogen-bond acceptors (Lipinski definition) is 3. The molecule has 5 aromatic carbocycles. The van der Waals surface area contributed by atoms with E-state index in [1.54, 1.807) is 0 Å². The molecule has 0 amide bonds. The Morgan fingerprint density at radius 3 is 2.09 bits per heavy atom. The molecule has 1 radical (unpaired) electrons. The van der Waals surface area contributed by atoms with Gasteiger partial charge in [0.15, 0.2) is 5.78 Å². The fourth-order valence-corrected chi connectivity index (χ4v) is 7.34. The molecule has 4 nitrogen and oxygen atoms in total. The Balaban J connectivity index is 0.000000209. The van der Waals surface area contributed by atoms with Crippen LogP contribution in [0, 0.1) is 17.9 Å². The minimum atomic E-state index is 0. The van der Waals surface area contributed by atoms with Crippen LogP contribution in [0.1, 0.15) is 53.4 Å². The van der Waals surface area contributed by atoms with Gasteiger partial charge >= 0.3 is 0 Å². The number of aromatic nitrogens is 2. The molecule has 3 aromatic heterocycles. The van der Waals surface area contributed by atoms with Crippen LogP contribution in [0.2, 0.25) is 0 Å². The largest absolute Gasteiger partial charge is 0.512 e. The van der Waals surface area contributed by atoms with Gasteiger partial charge in [0.2, 0.25) is 0 Å². The zero-order valence-electron chi connectivity index (χ0n) is 27.3. The van der Waals surface area contributed by atoms with Gasteiger partial charge in [-0.05, 0) is 60.0 Å². The molecule has 0 aliphatic carbocycles. The molecule has 1 N–H and O–H groups in total. The summed E-state index contributed by atoms with van der Waals surface area (Å²) in [4.78, 5) is 16.6. The van der Waals surface area contributed by atoms with Gasteiger partial charge < -0.3 is 9.51 Å². The van der Waals surface area contributed by atoms with Crippen molar-refractivity contribution < 1.29 is 30.0 Å². The summed E-state index contributed by atoms with van der Waals surface area (Å²) in [5, 5.41) is 20.7. The molecule has 8 aromatic rings. The number of nitrogens with zero attached hydrogens (tertiary/aromatic N) is 2. The van der Waals surface area contributed by atoms with E-state index in [0.717, 1.165) is 42.0 Å². The number of rotatable bonds is 7. The third kappa shape index (κ3) is 5.36. The summed E-state index contributed by atoms with van der Waals surface area (Å²) in [6.45, 7) is 8.07. The standard InChI is InChI=1S/C29H15N2.C13H24O2.Ir/c1-2-8-18-16-23-22(15-17(18)7-1)26-21-10-4-6-12-25(21)31-24-11-5-3-9-19(24)20-13-14-30-28(23)27(20)29(26)31;1-5-10(6-2)12(14)9-13(15)11(7-3)8-4;/h1-15H;9-11,14H,5-8H2,1-4H3;/q-1;;/b;12-9-;. The first-order chi connectivity index (χ1) is 22.5. The summed E-state index contributed by atoms with van der Waals surface area (Å²) in [7, 11) is 0. The van der Waals surface area contributed by atoms with Crippen molar-refractivity contribution in [1.82, 2.24) is 9.38 Å². The first-order valence-corrected chi connectivity index (χ1v) is 16.6. The summed E-state index contributed by atoms with van der Waals surface area (Å²) in [5.41, 5.74) is 4.76. The maximum Gasteiger partial charge on any atom is 0.162 e. The third-order valence-corrected chi connectivity index (χ3v) is 9.88. The summed E-state index contributed by atoms with van der Waals surface area (Å²) in [6, 6.07) is 34.2. The second-order valence-electron chi connectivity index (χ2n) is 12.3. The van der Waals surface area contributed by atoms with Gasteiger partial charge in [-0.1, -0.05) is 98.5 Å². The van der Waals surface area contributed by atoms with Crippen molar-refractivity contribution in [2.75, 3.05) is 0 Å². The molecule has 239 valence electrons. The van der Waals surface area contributed by atoms with Crippen LogP contribution in [0.4, 0.5) is 0 Å². The third-order valence-electron chi connectivity index (χ3n) is 9.88. The average Bonchev–Trinajstić information content (AvgIpc) is 3.45. The van der Waals surface area contributed by atoms with Gasteiger partial charge in [0, 0.05) is 66.0 Å². The average molecular weight is 796 g/mol. The number of para-hydroxylation sites is 2. The Kier molecular flexibility index (Phi) is 9.32. The molecule has 0 saturated heterocycles. The number of benzene rings is 5. The predicted molar refractivity (Wildman–Crippen MR) is 194 cm³/mol. The van der Waals surface area contributed by atoms with Crippen molar-refractivity contribution in [3.63, 3.8) is 0 Å². The summed E-state index contributed by atoms with van der Waals surface area (Å²) in [5.74, 6) is 0.547. The minimum absolute atomic E-state index is 0. The van der Waals surface area contributed by atoms with E-state index in [2.05, 4.69) is 95.4 Å². The molecule has 0 atom stereocenters. The van der Waals surface area contributed by atoms with Crippen molar-refractivity contribution in [1.29, 1.82) is 0 Å². The van der Waals surface area contributed by atoms with Crippen molar-refractivity contribution in [3.05, 3.63) is 109 Å². The molecule has 0 bridgehead atoms. The smallest absolute Gasteiger partial charge is 0.162 e. The summed E-state index contributed by atoms with van der Waals surface area (Å²) >= 11 is 0. The molecular formula is C42H39IrN2O2-. The molecule has 0 fully saturated rings. The molecule has 0 spiro atoms. The summed E-state index contributed by atoms with van der Waals surface area (Å²) in [6.07, 6.45) is 6.85. The molecule has 5 heteroatoms. The SMILES string of the molecule is CCC(CC)C(=O)/C=C(\O)C(CC)CC.[Ir].[c-]1c2ccccc2cc2c1c1nccc3c4ccccc4n4c5ccccc5c2c4c31. The molecule has 0 saturated carbocycles. The predicted octanol–water partition coefficient (Wildman–Crippen LogP) is 11.4. The summed E-state index contributed by atoms with van der Waals surface area (Å²) < 4.78 is 2.44. The van der Waals surface area contributed by atoms with Crippen LogP contribution in [-0.2, 0) is 24.9 Å². The van der Waals surface area contributed by atoms with Crippen LogP contribution in [0.15, 0.2) is 103 Å². The van der Waals surface area contributed by atoms with E-state index < -0.39 is 0 Å². The van der Waals surface area contributed by atoms with Gasteiger partial charge in [-0.3, -0.25) is 9.78 Å². The number of carbonyl (C=O) groups is 1. The Labute approximate surface area is 288 Å². The van der Waals surface area contributed by atoms with Gasteiger partial charge in [0.25, 0.3) is 0 Å². The quantitative estimate of drug-likeness (QED) is 0.0575. The Morgan fingerprint density at radius 2 is 1.38 bits per heavy atom. The number of aliphatic hydroxyl groups is 1. The molecule has 8 rings (SSSR count). The number of allylic oxidation sites excluding steroid dienone is 2. The van der Waals surface area contributed by atoms with Gasteiger partial charge in [0.05, 0.1) is 16.8 Å². The molecule has 0 unspecified atom stereocenters. The van der Waals surface area contributed by atoms with Crippen LogP contribution >= 0.6 is 0 Å². The molecule has 0 aliphatic rings. The number of aliphatic hydroxyl groups excluding tert-OH is 1. The van der Waals surface area contributed by atoms with E-state index in [1.165, 1.54) is 60.3 Å². The monoisotopic (exact) mass is 796 g/mol. The van der Waals surface area contributed by atoms with E-state index in [4.69, 9.17) is 4.98 Å². The number of carbonyl (C=O) groups excluding carboxylic acids is 1. The van der Waals surface area contributed by atoms with Crippen molar-refractivity contribution in [2.24, 2.45) is 11.8 Å². The van der Waals surface area contributed by atoms with E-state index >= 15 is 0 Å². The number of fused-ring (bicyclic) bond motifs is 10. The first-order valence-electron chi connectivity index (χ1n) is 16.6. The number of pyridine rings is 2. The van der Waals surface area contributed by atoms with Crippen LogP contribution in [0.25, 0.3) is 70.5 Å². The second-order valence-corrected chi connectivity index (χ2v) is 12.3. The van der Waals surface area contributed by atoms with Crippen LogP contribution in [0.5, 0.6) is 0 Å². The van der Waals surface area contributed by atoms with Crippen LogP contribution < -0.4 is 0 Å². The van der Waals surface area contributed by atoms with E-state index in [0.29, 0.717) is 0 Å². The molecule has 47 heavy (non-hydrogen) atoms. The van der Waals surface area contributed by atoms with Gasteiger partial charge in [0.1, 0.15) is 0 Å². The number of ketones is 1. The van der Waals surface area contributed by atoms with E-state index in [1.807, 2.05) is 33.9 Å². The molecule has 0 aliphatic heterocycles.